The number of rotatable bonds is 5. The highest BCUT2D eigenvalue weighted by atomic mass is 15.2. The fourth-order valence-corrected chi connectivity index (χ4v) is 1.64. The van der Waals surface area contributed by atoms with Crippen molar-refractivity contribution >= 4 is 11.5 Å². The van der Waals surface area contributed by atoms with E-state index in [4.69, 9.17) is 0 Å². The zero-order valence-electron chi connectivity index (χ0n) is 9.85. The van der Waals surface area contributed by atoms with Gasteiger partial charge in [0.15, 0.2) is 5.65 Å². The van der Waals surface area contributed by atoms with E-state index < -0.39 is 0 Å². The Balaban J connectivity index is 1.89. The van der Waals surface area contributed by atoms with Gasteiger partial charge in [-0.3, -0.25) is 0 Å². The lowest BCUT2D eigenvalue weighted by Crippen LogP contribution is -2.05. The second-order valence-electron chi connectivity index (χ2n) is 4.41. The molecule has 0 radical (unpaired) electrons. The Hall–Kier alpha value is -1.58. The highest BCUT2D eigenvalue weighted by molar-refractivity contribution is 5.45. The van der Waals surface area contributed by atoms with Gasteiger partial charge in [0.2, 0.25) is 0 Å². The SMILES string of the molecule is CC(C)CCCNc1ccn2nccc2n1. The van der Waals surface area contributed by atoms with Crippen LogP contribution in [0.4, 0.5) is 5.82 Å². The first-order valence-corrected chi connectivity index (χ1v) is 5.80. The Morgan fingerprint density at radius 3 is 3.06 bits per heavy atom. The van der Waals surface area contributed by atoms with E-state index in [1.807, 2.05) is 18.3 Å². The highest BCUT2D eigenvalue weighted by Gasteiger charge is 1.98. The Morgan fingerprint density at radius 2 is 2.25 bits per heavy atom. The molecule has 4 nitrogen and oxygen atoms in total. The van der Waals surface area contributed by atoms with E-state index in [2.05, 4.69) is 29.2 Å². The van der Waals surface area contributed by atoms with Crippen molar-refractivity contribution in [3.05, 3.63) is 24.5 Å². The maximum Gasteiger partial charge on any atom is 0.157 e. The van der Waals surface area contributed by atoms with Crippen LogP contribution in [0.5, 0.6) is 0 Å². The van der Waals surface area contributed by atoms with E-state index >= 15 is 0 Å². The molecule has 0 saturated carbocycles. The summed E-state index contributed by atoms with van der Waals surface area (Å²) in [5.41, 5.74) is 0.883. The molecular formula is C12H18N4. The number of nitrogens with one attached hydrogen (secondary N) is 1. The number of aromatic nitrogens is 3. The number of hydrogen-bond acceptors (Lipinski definition) is 3. The largest absolute Gasteiger partial charge is 0.370 e. The van der Waals surface area contributed by atoms with Crippen LogP contribution in [0.2, 0.25) is 0 Å². The third kappa shape index (κ3) is 2.72. The molecule has 0 saturated heterocycles. The van der Waals surface area contributed by atoms with E-state index in [1.54, 1.807) is 10.7 Å². The topological polar surface area (TPSA) is 42.2 Å². The monoisotopic (exact) mass is 218 g/mol. The van der Waals surface area contributed by atoms with Crippen molar-refractivity contribution in [3.63, 3.8) is 0 Å². The van der Waals surface area contributed by atoms with E-state index in [0.29, 0.717) is 0 Å². The lowest BCUT2D eigenvalue weighted by Gasteiger charge is -2.07. The molecule has 0 unspecified atom stereocenters. The number of hydrogen-bond donors (Lipinski definition) is 1. The van der Waals surface area contributed by atoms with Gasteiger partial charge in [-0.05, 0) is 24.8 Å². The van der Waals surface area contributed by atoms with Crippen LogP contribution in [0.15, 0.2) is 24.5 Å². The van der Waals surface area contributed by atoms with Gasteiger partial charge < -0.3 is 5.32 Å². The van der Waals surface area contributed by atoms with Gasteiger partial charge in [0.05, 0.1) is 6.20 Å². The molecule has 0 fully saturated rings. The first-order valence-electron chi connectivity index (χ1n) is 5.80. The molecule has 2 aromatic heterocycles. The molecule has 4 heteroatoms. The predicted molar refractivity (Wildman–Crippen MR) is 65.5 cm³/mol. The van der Waals surface area contributed by atoms with Crippen LogP contribution in [0.3, 0.4) is 0 Å². The Morgan fingerprint density at radius 1 is 1.38 bits per heavy atom. The molecule has 2 heterocycles. The average molecular weight is 218 g/mol. The van der Waals surface area contributed by atoms with Crippen molar-refractivity contribution < 1.29 is 0 Å². The summed E-state index contributed by atoms with van der Waals surface area (Å²) < 4.78 is 1.76. The van der Waals surface area contributed by atoms with Gasteiger partial charge in [-0.15, -0.1) is 0 Å². The zero-order chi connectivity index (χ0) is 11.4. The Labute approximate surface area is 95.7 Å². The van der Waals surface area contributed by atoms with Crippen LogP contribution in [0, 0.1) is 5.92 Å². The third-order valence-electron chi connectivity index (χ3n) is 2.52. The number of anilines is 1. The fraction of sp³-hybridized carbons (Fsp3) is 0.500. The summed E-state index contributed by atoms with van der Waals surface area (Å²) in [6.07, 6.45) is 6.11. The molecule has 86 valence electrons. The van der Waals surface area contributed by atoms with E-state index in [9.17, 15) is 0 Å². The molecule has 1 N–H and O–H groups in total. The van der Waals surface area contributed by atoms with Crippen molar-refractivity contribution in [3.8, 4) is 0 Å². The normalized spacial score (nSPS) is 11.2. The van der Waals surface area contributed by atoms with Crippen molar-refractivity contribution in [2.75, 3.05) is 11.9 Å². The molecule has 0 bridgehead atoms. The minimum atomic E-state index is 0.770. The van der Waals surface area contributed by atoms with Gasteiger partial charge in [-0.1, -0.05) is 13.8 Å². The summed E-state index contributed by atoms with van der Waals surface area (Å²) in [6.45, 7) is 5.47. The van der Waals surface area contributed by atoms with Crippen LogP contribution in [-0.4, -0.2) is 21.1 Å². The first kappa shape index (κ1) is 10.9. The van der Waals surface area contributed by atoms with Gasteiger partial charge in [-0.25, -0.2) is 9.50 Å². The van der Waals surface area contributed by atoms with E-state index in [-0.39, 0.29) is 0 Å². The standard InChI is InChI=1S/C12H18N4/c1-10(2)4-3-7-13-11-6-9-16-12(15-11)5-8-14-16/h5-6,8-10H,3-4,7H2,1-2H3,(H,13,15). The maximum atomic E-state index is 4.44. The lowest BCUT2D eigenvalue weighted by atomic mass is 10.1. The quantitative estimate of drug-likeness (QED) is 0.784. The van der Waals surface area contributed by atoms with Crippen molar-refractivity contribution in [1.29, 1.82) is 0 Å². The summed E-state index contributed by atoms with van der Waals surface area (Å²) >= 11 is 0. The highest BCUT2D eigenvalue weighted by Crippen LogP contribution is 2.07. The summed E-state index contributed by atoms with van der Waals surface area (Å²) in [4.78, 5) is 4.44. The van der Waals surface area contributed by atoms with Crippen LogP contribution < -0.4 is 5.32 Å². The van der Waals surface area contributed by atoms with E-state index in [0.717, 1.165) is 23.9 Å². The molecule has 0 aliphatic carbocycles. The van der Waals surface area contributed by atoms with Crippen LogP contribution in [0.1, 0.15) is 26.7 Å². The van der Waals surface area contributed by atoms with Crippen molar-refractivity contribution in [2.24, 2.45) is 5.92 Å². The molecule has 2 rings (SSSR count). The molecule has 0 amide bonds. The minimum absolute atomic E-state index is 0.770. The molecule has 0 aromatic carbocycles. The molecular weight excluding hydrogens is 200 g/mol. The molecule has 0 aliphatic rings. The Bertz CT molecular complexity index is 447. The van der Waals surface area contributed by atoms with E-state index in [1.165, 1.54) is 12.8 Å². The lowest BCUT2D eigenvalue weighted by molar-refractivity contribution is 0.566. The second-order valence-corrected chi connectivity index (χ2v) is 4.41. The number of nitrogens with zero attached hydrogens (tertiary/aromatic N) is 3. The molecule has 16 heavy (non-hydrogen) atoms. The molecule has 0 atom stereocenters. The summed E-state index contributed by atoms with van der Waals surface area (Å²) in [5, 5.41) is 7.44. The van der Waals surface area contributed by atoms with Crippen molar-refractivity contribution in [2.45, 2.75) is 26.7 Å². The zero-order valence-corrected chi connectivity index (χ0v) is 9.85. The summed E-state index contributed by atoms with van der Waals surface area (Å²) in [6, 6.07) is 3.86. The molecule has 2 aromatic rings. The predicted octanol–water partition coefficient (Wildman–Crippen LogP) is 2.58. The molecule has 0 aliphatic heterocycles. The third-order valence-corrected chi connectivity index (χ3v) is 2.52. The maximum absolute atomic E-state index is 4.44. The first-order chi connectivity index (χ1) is 7.75. The van der Waals surface area contributed by atoms with Gasteiger partial charge in [-0.2, -0.15) is 5.10 Å². The minimum Gasteiger partial charge on any atom is -0.370 e. The summed E-state index contributed by atoms with van der Waals surface area (Å²) in [5.74, 6) is 1.70. The van der Waals surface area contributed by atoms with Gasteiger partial charge in [0, 0.05) is 18.8 Å². The second kappa shape index (κ2) is 4.96. The Kier molecular flexibility index (Phi) is 3.39. The van der Waals surface area contributed by atoms with Crippen molar-refractivity contribution in [1.82, 2.24) is 14.6 Å². The van der Waals surface area contributed by atoms with Gasteiger partial charge in [0.1, 0.15) is 5.82 Å². The average Bonchev–Trinajstić information content (AvgIpc) is 2.71. The number of fused-ring (bicyclic) bond motifs is 1. The van der Waals surface area contributed by atoms with Gasteiger partial charge in [0.25, 0.3) is 0 Å². The van der Waals surface area contributed by atoms with Gasteiger partial charge >= 0.3 is 0 Å². The van der Waals surface area contributed by atoms with Crippen LogP contribution in [-0.2, 0) is 0 Å². The summed E-state index contributed by atoms with van der Waals surface area (Å²) in [7, 11) is 0. The molecule has 0 spiro atoms. The van der Waals surface area contributed by atoms with Crippen LogP contribution >= 0.6 is 0 Å². The fourth-order valence-electron chi connectivity index (χ4n) is 1.64. The van der Waals surface area contributed by atoms with Crippen LogP contribution in [0.25, 0.3) is 5.65 Å². The smallest absolute Gasteiger partial charge is 0.157 e.